The lowest BCUT2D eigenvalue weighted by Gasteiger charge is -2.37. The summed E-state index contributed by atoms with van der Waals surface area (Å²) in [7, 11) is 0. The van der Waals surface area contributed by atoms with Crippen LogP contribution in [0.25, 0.3) is 0 Å². The van der Waals surface area contributed by atoms with Gasteiger partial charge in [0.2, 0.25) is 5.91 Å². The molecule has 0 aromatic heterocycles. The Labute approximate surface area is 149 Å². The number of rotatable bonds is 5. The third-order valence-electron chi connectivity index (χ3n) is 4.86. The quantitative estimate of drug-likeness (QED) is 0.819. The summed E-state index contributed by atoms with van der Waals surface area (Å²) in [5.74, 6) is -0.0433. The van der Waals surface area contributed by atoms with Crippen LogP contribution in [0.4, 0.5) is 10.1 Å². The number of carbonyl (C=O) groups excluding carboxylic acids is 1. The van der Waals surface area contributed by atoms with Crippen LogP contribution < -0.4 is 4.90 Å². The molecule has 1 aliphatic heterocycles. The number of anilines is 1. The van der Waals surface area contributed by atoms with Crippen molar-refractivity contribution in [1.29, 1.82) is 0 Å². The average molecular weight is 340 g/mol. The lowest BCUT2D eigenvalue weighted by molar-refractivity contribution is -0.133. The Kier molecular flexibility index (Phi) is 5.69. The van der Waals surface area contributed by atoms with Gasteiger partial charge in [-0.05, 0) is 36.2 Å². The van der Waals surface area contributed by atoms with E-state index in [1.54, 1.807) is 12.1 Å². The van der Waals surface area contributed by atoms with E-state index in [2.05, 4.69) is 11.8 Å². The molecule has 0 N–H and O–H groups in total. The number of carbonyl (C=O) groups is 1. The summed E-state index contributed by atoms with van der Waals surface area (Å²) in [6, 6.07) is 16.7. The predicted octanol–water partition coefficient (Wildman–Crippen LogP) is 4.06. The maximum atomic E-state index is 13.1. The zero-order chi connectivity index (χ0) is 17.6. The van der Waals surface area contributed by atoms with Gasteiger partial charge < -0.3 is 9.80 Å². The van der Waals surface area contributed by atoms with Crippen molar-refractivity contribution in [2.75, 3.05) is 31.1 Å². The van der Waals surface area contributed by atoms with Crippen LogP contribution in [0.1, 0.15) is 31.2 Å². The molecule has 2 aromatic rings. The smallest absolute Gasteiger partial charge is 0.230 e. The molecule has 1 unspecified atom stereocenters. The summed E-state index contributed by atoms with van der Waals surface area (Å²) >= 11 is 0. The van der Waals surface area contributed by atoms with Crippen molar-refractivity contribution < 1.29 is 9.18 Å². The van der Waals surface area contributed by atoms with Gasteiger partial charge in [0.1, 0.15) is 5.82 Å². The standard InChI is InChI=1S/C21H25FN2O/c1-2-6-20(17-7-4-3-5-8-17)21(25)24-15-13-23(14-16-24)19-11-9-18(22)10-12-19/h3-5,7-12,20H,2,6,13-16H2,1H3. The highest BCUT2D eigenvalue weighted by Gasteiger charge is 2.28. The molecule has 3 rings (SSSR count). The summed E-state index contributed by atoms with van der Waals surface area (Å²) in [4.78, 5) is 17.2. The Bertz CT molecular complexity index is 679. The van der Waals surface area contributed by atoms with Crippen LogP contribution in [0, 0.1) is 5.82 Å². The first kappa shape index (κ1) is 17.5. The summed E-state index contributed by atoms with van der Waals surface area (Å²) in [5.41, 5.74) is 2.12. The number of nitrogens with zero attached hydrogens (tertiary/aromatic N) is 2. The summed E-state index contributed by atoms with van der Waals surface area (Å²) in [5, 5.41) is 0. The number of hydrogen-bond donors (Lipinski definition) is 0. The van der Waals surface area contributed by atoms with E-state index >= 15 is 0 Å². The van der Waals surface area contributed by atoms with Crippen molar-refractivity contribution >= 4 is 11.6 Å². The molecule has 1 atom stereocenters. The Morgan fingerprint density at radius 1 is 1.00 bits per heavy atom. The van der Waals surface area contributed by atoms with Crippen molar-refractivity contribution in [2.24, 2.45) is 0 Å². The molecule has 3 nitrogen and oxygen atoms in total. The molecule has 4 heteroatoms. The van der Waals surface area contributed by atoms with Crippen LogP contribution in [-0.2, 0) is 4.79 Å². The third kappa shape index (κ3) is 4.19. The topological polar surface area (TPSA) is 23.6 Å². The lowest BCUT2D eigenvalue weighted by Crippen LogP contribution is -2.50. The number of halogens is 1. The van der Waals surface area contributed by atoms with Crippen molar-refractivity contribution in [1.82, 2.24) is 4.90 Å². The SMILES string of the molecule is CCCC(C(=O)N1CCN(c2ccc(F)cc2)CC1)c1ccccc1. The minimum Gasteiger partial charge on any atom is -0.368 e. The molecule has 1 heterocycles. The number of hydrogen-bond acceptors (Lipinski definition) is 2. The van der Waals surface area contributed by atoms with Gasteiger partial charge in [-0.15, -0.1) is 0 Å². The molecule has 1 saturated heterocycles. The van der Waals surface area contributed by atoms with Gasteiger partial charge in [-0.3, -0.25) is 4.79 Å². The number of piperazine rings is 1. The molecule has 2 aromatic carbocycles. The highest BCUT2D eigenvalue weighted by atomic mass is 19.1. The fraction of sp³-hybridized carbons (Fsp3) is 0.381. The Morgan fingerprint density at radius 3 is 2.24 bits per heavy atom. The van der Waals surface area contributed by atoms with Crippen molar-refractivity contribution in [3.05, 3.63) is 66.0 Å². The van der Waals surface area contributed by atoms with Crippen LogP contribution in [-0.4, -0.2) is 37.0 Å². The fourth-order valence-electron chi connectivity index (χ4n) is 3.46. The minimum atomic E-state index is -0.220. The maximum absolute atomic E-state index is 13.1. The molecule has 0 aliphatic carbocycles. The molecule has 25 heavy (non-hydrogen) atoms. The van der Waals surface area contributed by atoms with Crippen LogP contribution >= 0.6 is 0 Å². The molecular weight excluding hydrogens is 315 g/mol. The maximum Gasteiger partial charge on any atom is 0.230 e. The van der Waals surface area contributed by atoms with Crippen LogP contribution in [0.3, 0.4) is 0 Å². The highest BCUT2D eigenvalue weighted by molar-refractivity contribution is 5.84. The molecule has 1 fully saturated rings. The zero-order valence-electron chi connectivity index (χ0n) is 14.7. The Balaban J connectivity index is 1.64. The van der Waals surface area contributed by atoms with Gasteiger partial charge in [0, 0.05) is 31.9 Å². The molecule has 0 bridgehead atoms. The largest absolute Gasteiger partial charge is 0.368 e. The minimum absolute atomic E-state index is 0.0522. The van der Waals surface area contributed by atoms with Crippen LogP contribution in [0.15, 0.2) is 54.6 Å². The van der Waals surface area contributed by atoms with Crippen molar-refractivity contribution in [2.45, 2.75) is 25.7 Å². The van der Waals surface area contributed by atoms with E-state index < -0.39 is 0 Å². The van der Waals surface area contributed by atoms with E-state index in [4.69, 9.17) is 0 Å². The van der Waals surface area contributed by atoms with Crippen molar-refractivity contribution in [3.63, 3.8) is 0 Å². The van der Waals surface area contributed by atoms with E-state index in [0.717, 1.165) is 37.2 Å². The molecule has 0 radical (unpaired) electrons. The molecule has 1 amide bonds. The normalized spacial score (nSPS) is 15.9. The van der Waals surface area contributed by atoms with Gasteiger partial charge in [0.25, 0.3) is 0 Å². The van der Waals surface area contributed by atoms with E-state index in [0.29, 0.717) is 13.1 Å². The van der Waals surface area contributed by atoms with Gasteiger partial charge in [-0.2, -0.15) is 0 Å². The molecule has 132 valence electrons. The first-order chi connectivity index (χ1) is 12.2. The second-order valence-corrected chi connectivity index (χ2v) is 6.54. The molecule has 0 saturated carbocycles. The van der Waals surface area contributed by atoms with Gasteiger partial charge in [0.05, 0.1) is 5.92 Å². The van der Waals surface area contributed by atoms with E-state index in [-0.39, 0.29) is 17.6 Å². The number of benzene rings is 2. The second kappa shape index (κ2) is 8.15. The lowest BCUT2D eigenvalue weighted by atomic mass is 9.93. The summed E-state index contributed by atoms with van der Waals surface area (Å²) in [6.07, 6.45) is 1.86. The Hall–Kier alpha value is -2.36. The molecule has 0 spiro atoms. The number of amides is 1. The zero-order valence-corrected chi connectivity index (χ0v) is 14.7. The van der Waals surface area contributed by atoms with Crippen LogP contribution in [0.2, 0.25) is 0 Å². The van der Waals surface area contributed by atoms with E-state index in [1.807, 2.05) is 35.2 Å². The van der Waals surface area contributed by atoms with Crippen LogP contribution in [0.5, 0.6) is 0 Å². The average Bonchev–Trinajstić information content (AvgIpc) is 2.67. The summed E-state index contributed by atoms with van der Waals surface area (Å²) in [6.45, 7) is 5.11. The van der Waals surface area contributed by atoms with Gasteiger partial charge in [-0.25, -0.2) is 4.39 Å². The predicted molar refractivity (Wildman–Crippen MR) is 99.3 cm³/mol. The first-order valence-electron chi connectivity index (χ1n) is 9.03. The first-order valence-corrected chi connectivity index (χ1v) is 9.03. The monoisotopic (exact) mass is 340 g/mol. The second-order valence-electron chi connectivity index (χ2n) is 6.54. The van der Waals surface area contributed by atoms with Gasteiger partial charge in [-0.1, -0.05) is 43.7 Å². The Morgan fingerprint density at radius 2 is 1.64 bits per heavy atom. The third-order valence-corrected chi connectivity index (χ3v) is 4.86. The summed E-state index contributed by atoms with van der Waals surface area (Å²) < 4.78 is 13.1. The highest BCUT2D eigenvalue weighted by Crippen LogP contribution is 2.25. The van der Waals surface area contributed by atoms with E-state index in [9.17, 15) is 9.18 Å². The van der Waals surface area contributed by atoms with E-state index in [1.165, 1.54) is 12.1 Å². The fourth-order valence-corrected chi connectivity index (χ4v) is 3.46. The van der Waals surface area contributed by atoms with Gasteiger partial charge in [0.15, 0.2) is 0 Å². The molecular formula is C21H25FN2O. The van der Waals surface area contributed by atoms with Crippen molar-refractivity contribution in [3.8, 4) is 0 Å². The molecule has 1 aliphatic rings. The van der Waals surface area contributed by atoms with Gasteiger partial charge >= 0.3 is 0 Å².